The summed E-state index contributed by atoms with van der Waals surface area (Å²) >= 11 is 0. The van der Waals surface area contributed by atoms with Gasteiger partial charge in [0.25, 0.3) is 0 Å². The Kier molecular flexibility index (Phi) is 53.5. The highest BCUT2D eigenvalue weighted by atomic mass is 31.2. The fourth-order valence-corrected chi connectivity index (χ4v) is 9.46. The van der Waals surface area contributed by atoms with Crippen LogP contribution in [0.3, 0.4) is 0 Å². The third-order valence-corrected chi connectivity index (χ3v) is 14.6. The highest BCUT2D eigenvalue weighted by molar-refractivity contribution is 7.47. The van der Waals surface area contributed by atoms with Crippen LogP contribution < -0.4 is 5.32 Å². The average Bonchev–Trinajstić information content (AvgIpc) is 3.38. The van der Waals surface area contributed by atoms with Crippen molar-refractivity contribution in [1.29, 1.82) is 0 Å². The number of phosphoric acid groups is 1. The molecule has 0 saturated carbocycles. The van der Waals surface area contributed by atoms with Crippen LogP contribution in [-0.4, -0.2) is 74.3 Å². The second-order valence-corrected chi connectivity index (χ2v) is 23.6. The van der Waals surface area contributed by atoms with Crippen molar-refractivity contribution < 1.29 is 37.3 Å². The molecule has 1 amide bonds. The van der Waals surface area contributed by atoms with Gasteiger partial charge in [0.15, 0.2) is 0 Å². The van der Waals surface area contributed by atoms with E-state index in [1.807, 2.05) is 33.3 Å². The van der Waals surface area contributed by atoms with E-state index in [0.717, 1.165) is 109 Å². The lowest BCUT2D eigenvalue weighted by molar-refractivity contribution is -0.870. The maximum atomic E-state index is 13.5. The molecule has 0 aliphatic carbocycles. The van der Waals surface area contributed by atoms with Gasteiger partial charge in [-0.2, -0.15) is 0 Å². The predicted molar refractivity (Wildman–Crippen MR) is 328 cm³/mol. The minimum atomic E-state index is -4.45. The number of rotatable bonds is 56. The van der Waals surface area contributed by atoms with E-state index in [0.29, 0.717) is 23.9 Å². The Morgan fingerprint density at radius 1 is 0.474 bits per heavy atom. The lowest BCUT2D eigenvalue weighted by Crippen LogP contribution is -2.47. The van der Waals surface area contributed by atoms with Crippen molar-refractivity contribution in [2.75, 3.05) is 40.9 Å². The molecule has 3 unspecified atom stereocenters. The lowest BCUT2D eigenvalue weighted by atomic mass is 10.0. The van der Waals surface area contributed by atoms with Gasteiger partial charge in [-0.15, -0.1) is 0 Å². The number of hydrogen-bond acceptors (Lipinski definition) is 6. The minimum absolute atomic E-state index is 0.0339. The normalized spacial score (nSPS) is 14.2. The summed E-state index contributed by atoms with van der Waals surface area (Å²) in [7, 11) is 1.48. The summed E-state index contributed by atoms with van der Waals surface area (Å²) in [5.74, 6) is -0.531. The summed E-state index contributed by atoms with van der Waals surface area (Å²) in [6, 6.07) is -0.860. The summed E-state index contributed by atoms with van der Waals surface area (Å²) < 4.78 is 30.7. The van der Waals surface area contributed by atoms with E-state index < -0.39 is 20.0 Å². The molecule has 0 aromatic rings. The van der Waals surface area contributed by atoms with Gasteiger partial charge in [0.1, 0.15) is 19.3 Å². The highest BCUT2D eigenvalue weighted by Crippen LogP contribution is 2.43. The van der Waals surface area contributed by atoms with Gasteiger partial charge in [-0.05, 0) is 102 Å². The molecule has 0 aromatic carbocycles. The van der Waals surface area contributed by atoms with Gasteiger partial charge in [0.05, 0.1) is 33.8 Å². The fourth-order valence-electron chi connectivity index (χ4n) is 8.73. The molecule has 3 atom stereocenters. The van der Waals surface area contributed by atoms with E-state index in [1.54, 1.807) is 0 Å². The molecule has 0 radical (unpaired) electrons. The topological polar surface area (TPSA) is 111 Å². The van der Waals surface area contributed by atoms with Crippen molar-refractivity contribution >= 4 is 19.7 Å². The fraction of sp³-hybridized carbons (Fsp3) is 0.758. The highest BCUT2D eigenvalue weighted by Gasteiger charge is 2.30. The van der Waals surface area contributed by atoms with Gasteiger partial charge >= 0.3 is 13.8 Å². The number of ether oxygens (including phenoxy) is 1. The first-order valence-corrected chi connectivity index (χ1v) is 32.9. The van der Waals surface area contributed by atoms with Crippen molar-refractivity contribution in [3.8, 4) is 0 Å². The molecular formula is C66H120N2O7P+. The first kappa shape index (κ1) is 73.2. The van der Waals surface area contributed by atoms with Crippen molar-refractivity contribution in [3.63, 3.8) is 0 Å². The number of unbranched alkanes of at least 4 members (excludes halogenated alkanes) is 28. The number of amides is 1. The smallest absolute Gasteiger partial charge is 0.456 e. The number of hydrogen-bond donors (Lipinski definition) is 2. The maximum Gasteiger partial charge on any atom is 0.472 e. The molecule has 0 aromatic heterocycles. The number of carbonyl (C=O) groups excluding carboxylic acids is 2. The number of nitrogens with one attached hydrogen (secondary N) is 1. The molecule has 9 nitrogen and oxygen atoms in total. The van der Waals surface area contributed by atoms with E-state index >= 15 is 0 Å². The molecule has 440 valence electrons. The van der Waals surface area contributed by atoms with Gasteiger partial charge in [-0.25, -0.2) is 4.57 Å². The van der Waals surface area contributed by atoms with E-state index in [2.05, 4.69) is 99.0 Å². The Balaban J connectivity index is 5.15. The number of likely N-dealkylation sites (N-methyl/N-ethyl adjacent to an activating group) is 1. The number of allylic oxidation sites excluding steroid dienone is 13. The Morgan fingerprint density at radius 3 is 1.29 bits per heavy atom. The van der Waals surface area contributed by atoms with Gasteiger partial charge in [-0.3, -0.25) is 18.6 Å². The number of nitrogens with zero attached hydrogens (tertiary/aromatic N) is 1. The van der Waals surface area contributed by atoms with Crippen molar-refractivity contribution in [2.24, 2.45) is 0 Å². The summed E-state index contributed by atoms with van der Waals surface area (Å²) in [6.45, 7) is 6.88. The largest absolute Gasteiger partial charge is 0.472 e. The molecule has 0 saturated heterocycles. The van der Waals surface area contributed by atoms with Crippen LogP contribution in [0.1, 0.15) is 271 Å². The molecular weight excluding hydrogens is 964 g/mol. The van der Waals surface area contributed by atoms with Crippen LogP contribution in [0.2, 0.25) is 0 Å². The van der Waals surface area contributed by atoms with Crippen LogP contribution >= 0.6 is 7.82 Å². The molecule has 0 bridgehead atoms. The SMILES string of the molecule is CC/C=C\C/C=C\C/C=C\C/C=C\C/C=C\CCCCCCCCCCCC(=O)NC(COP(=O)(O)OCC[N+](C)(C)C)C(/C=C\CCCCCCCCCCC)OC(=O)CCCCC/C=C\CCCCCCCCC. The molecule has 76 heavy (non-hydrogen) atoms. The monoisotopic (exact) mass is 1080 g/mol. The summed E-state index contributed by atoms with van der Waals surface area (Å²) in [4.78, 5) is 37.7. The van der Waals surface area contributed by atoms with Crippen molar-refractivity contribution in [1.82, 2.24) is 5.32 Å². The molecule has 0 fully saturated rings. The lowest BCUT2D eigenvalue weighted by Gasteiger charge is -2.27. The molecule has 0 heterocycles. The zero-order chi connectivity index (χ0) is 55.7. The van der Waals surface area contributed by atoms with E-state index in [-0.39, 0.29) is 31.5 Å². The number of esters is 1. The van der Waals surface area contributed by atoms with E-state index in [1.165, 1.54) is 122 Å². The first-order chi connectivity index (χ1) is 36.9. The first-order valence-electron chi connectivity index (χ1n) is 31.4. The summed E-state index contributed by atoms with van der Waals surface area (Å²) in [5.41, 5.74) is 0. The molecule has 10 heteroatoms. The van der Waals surface area contributed by atoms with Crippen molar-refractivity contribution in [3.05, 3.63) is 85.1 Å². The van der Waals surface area contributed by atoms with Crippen LogP contribution in [0.5, 0.6) is 0 Å². The van der Waals surface area contributed by atoms with E-state index in [9.17, 15) is 19.0 Å². The molecule has 0 aliphatic rings. The number of carbonyl (C=O) groups is 2. The Labute approximate surface area is 469 Å². The number of quaternary nitrogens is 1. The second-order valence-electron chi connectivity index (χ2n) is 22.2. The van der Waals surface area contributed by atoms with Gasteiger partial charge < -0.3 is 19.4 Å². The summed E-state index contributed by atoms with van der Waals surface area (Å²) in [5, 5.41) is 3.05. The average molecular weight is 1080 g/mol. The van der Waals surface area contributed by atoms with Crippen molar-refractivity contribution in [2.45, 2.75) is 283 Å². The van der Waals surface area contributed by atoms with Gasteiger partial charge in [-0.1, -0.05) is 241 Å². The zero-order valence-corrected chi connectivity index (χ0v) is 51.1. The van der Waals surface area contributed by atoms with Gasteiger partial charge in [0.2, 0.25) is 5.91 Å². The van der Waals surface area contributed by atoms with Crippen LogP contribution in [0, 0.1) is 0 Å². The number of phosphoric ester groups is 1. The second kappa shape index (κ2) is 55.5. The minimum Gasteiger partial charge on any atom is -0.456 e. The van der Waals surface area contributed by atoms with Crippen LogP contribution in [-0.2, 0) is 27.9 Å². The van der Waals surface area contributed by atoms with E-state index in [4.69, 9.17) is 13.8 Å². The molecule has 2 N–H and O–H groups in total. The molecule has 0 rings (SSSR count). The van der Waals surface area contributed by atoms with Crippen LogP contribution in [0.4, 0.5) is 0 Å². The third kappa shape index (κ3) is 55.9. The summed E-state index contributed by atoms with van der Waals surface area (Å²) in [6.07, 6.45) is 73.0. The standard InChI is InChI=1S/C66H119N2O7P/c1-7-10-13-16-19-22-25-27-29-30-31-32-33-34-35-36-37-38-39-40-43-46-49-52-55-58-65(69)67-63(62-74-76(71,72)73-61-60-68(4,5)6)64(57-54-51-48-45-42-24-21-18-15-12-9-3)75-66(70)59-56-53-50-47-44-41-28-26-23-20-17-14-11-8-2/h10,13,19,22,27,29,31-32,34-35,41,44,54,57,63-64H,7-9,11-12,14-18,20-21,23-26,28,30,33,36-40,42-43,45-53,55-56,58-62H2,1-6H3,(H-,67,69,71,72)/p+1/b13-10-,22-19-,29-27-,32-31-,35-34-,44-41-,57-54-. The third-order valence-electron chi connectivity index (χ3n) is 13.6. The molecule has 0 spiro atoms. The predicted octanol–water partition coefficient (Wildman–Crippen LogP) is 19.4. The van der Waals surface area contributed by atoms with Crippen LogP contribution in [0.25, 0.3) is 0 Å². The Bertz CT molecular complexity index is 1580. The van der Waals surface area contributed by atoms with Crippen LogP contribution in [0.15, 0.2) is 85.1 Å². The Hall–Kier alpha value is -2.81. The molecule has 0 aliphatic heterocycles. The zero-order valence-electron chi connectivity index (χ0n) is 50.2. The quantitative estimate of drug-likeness (QED) is 0.0205. The van der Waals surface area contributed by atoms with Gasteiger partial charge in [0, 0.05) is 12.8 Å². The maximum absolute atomic E-state index is 13.5. The Morgan fingerprint density at radius 2 is 0.842 bits per heavy atom.